The van der Waals surface area contributed by atoms with E-state index in [0.29, 0.717) is 5.56 Å². The molecule has 1 saturated heterocycles. The lowest BCUT2D eigenvalue weighted by Crippen LogP contribution is -2.40. The number of hydrogen-bond donors (Lipinski definition) is 2. The van der Waals surface area contributed by atoms with Crippen LogP contribution in [0.25, 0.3) is 10.9 Å². The van der Waals surface area contributed by atoms with E-state index < -0.39 is 18.1 Å². The fourth-order valence-corrected chi connectivity index (χ4v) is 2.94. The van der Waals surface area contributed by atoms with E-state index in [1.54, 1.807) is 6.20 Å². The van der Waals surface area contributed by atoms with Gasteiger partial charge in [-0.25, -0.2) is 4.79 Å². The third kappa shape index (κ3) is 2.17. The largest absolute Gasteiger partial charge is 0.480 e. The molecule has 0 spiro atoms. The number of aliphatic carboxylic acids is 1. The van der Waals surface area contributed by atoms with Gasteiger partial charge in [0, 0.05) is 37.1 Å². The van der Waals surface area contributed by atoms with Gasteiger partial charge in [0.2, 0.25) is 0 Å². The highest BCUT2D eigenvalue weighted by atomic mass is 16.4. The van der Waals surface area contributed by atoms with Gasteiger partial charge in [-0.1, -0.05) is 18.2 Å². The predicted octanol–water partition coefficient (Wildman–Crippen LogP) is 0.838. The van der Waals surface area contributed by atoms with Crippen molar-refractivity contribution in [2.45, 2.75) is 18.6 Å². The first-order chi connectivity index (χ1) is 9.99. The number of nitrogens with zero attached hydrogens (tertiary/aromatic N) is 2. The molecule has 0 aliphatic carbocycles. The Balaban J connectivity index is 2.02. The average Bonchev–Trinajstić information content (AvgIpc) is 3.00. The second-order valence-electron chi connectivity index (χ2n) is 5.37. The normalized spacial score (nSPS) is 21.9. The molecular formula is C15H16N2O4. The zero-order valence-corrected chi connectivity index (χ0v) is 11.6. The Morgan fingerprint density at radius 3 is 2.71 bits per heavy atom. The number of amides is 1. The van der Waals surface area contributed by atoms with Crippen LogP contribution in [0, 0.1) is 0 Å². The van der Waals surface area contributed by atoms with Gasteiger partial charge in [-0.2, -0.15) is 0 Å². The zero-order chi connectivity index (χ0) is 15.1. The fraction of sp³-hybridized carbons (Fsp3) is 0.333. The summed E-state index contributed by atoms with van der Waals surface area (Å²) in [5, 5.41) is 19.7. The van der Waals surface area contributed by atoms with Crippen LogP contribution in [-0.2, 0) is 11.8 Å². The monoisotopic (exact) mass is 288 g/mol. The van der Waals surface area contributed by atoms with Crippen LogP contribution >= 0.6 is 0 Å². The average molecular weight is 288 g/mol. The lowest BCUT2D eigenvalue weighted by Gasteiger charge is -2.20. The first-order valence-corrected chi connectivity index (χ1v) is 6.75. The summed E-state index contributed by atoms with van der Waals surface area (Å²) in [6, 6.07) is 6.50. The van der Waals surface area contributed by atoms with Gasteiger partial charge >= 0.3 is 5.97 Å². The van der Waals surface area contributed by atoms with E-state index in [4.69, 9.17) is 0 Å². The van der Waals surface area contributed by atoms with Crippen molar-refractivity contribution in [3.8, 4) is 0 Å². The molecule has 21 heavy (non-hydrogen) atoms. The molecule has 1 fully saturated rings. The molecule has 0 bridgehead atoms. The zero-order valence-electron chi connectivity index (χ0n) is 11.6. The predicted molar refractivity (Wildman–Crippen MR) is 76.0 cm³/mol. The summed E-state index contributed by atoms with van der Waals surface area (Å²) in [5.74, 6) is -1.43. The van der Waals surface area contributed by atoms with Crippen molar-refractivity contribution in [2.24, 2.45) is 7.05 Å². The molecule has 1 amide bonds. The van der Waals surface area contributed by atoms with Gasteiger partial charge < -0.3 is 19.7 Å². The number of likely N-dealkylation sites (tertiary alicyclic amines) is 1. The Kier molecular flexibility index (Phi) is 3.17. The number of aryl methyl sites for hydroxylation is 1. The van der Waals surface area contributed by atoms with E-state index in [-0.39, 0.29) is 18.9 Å². The third-order valence-electron chi connectivity index (χ3n) is 3.95. The van der Waals surface area contributed by atoms with Crippen molar-refractivity contribution in [3.63, 3.8) is 0 Å². The molecule has 3 rings (SSSR count). The maximum absolute atomic E-state index is 12.7. The van der Waals surface area contributed by atoms with Crippen molar-refractivity contribution in [1.29, 1.82) is 0 Å². The summed E-state index contributed by atoms with van der Waals surface area (Å²) >= 11 is 0. The van der Waals surface area contributed by atoms with Gasteiger partial charge in [-0.3, -0.25) is 4.79 Å². The van der Waals surface area contributed by atoms with Gasteiger partial charge in [-0.15, -0.1) is 0 Å². The minimum atomic E-state index is -1.08. The molecule has 2 aromatic rings. The van der Waals surface area contributed by atoms with Crippen molar-refractivity contribution in [1.82, 2.24) is 9.47 Å². The smallest absolute Gasteiger partial charge is 0.326 e. The second-order valence-corrected chi connectivity index (χ2v) is 5.37. The number of hydrogen-bond acceptors (Lipinski definition) is 3. The highest BCUT2D eigenvalue weighted by Gasteiger charge is 2.39. The number of carboxylic acids is 1. The molecule has 1 aromatic carbocycles. The Morgan fingerprint density at radius 2 is 2.00 bits per heavy atom. The Labute approximate surface area is 121 Å². The van der Waals surface area contributed by atoms with Gasteiger partial charge in [0.05, 0.1) is 11.7 Å². The van der Waals surface area contributed by atoms with Gasteiger partial charge in [-0.05, 0) is 6.07 Å². The fourth-order valence-electron chi connectivity index (χ4n) is 2.94. The molecule has 6 heteroatoms. The molecule has 1 aromatic heterocycles. The molecule has 110 valence electrons. The standard InChI is InChI=1S/C15H16N2O4/c1-16-8-11(10-4-2-3-5-12(10)16)14(19)17-7-9(18)6-13(17)15(20)21/h2-5,8-9,13,18H,6-7H2,1H3,(H,20,21). The summed E-state index contributed by atoms with van der Waals surface area (Å²) in [7, 11) is 1.84. The maximum atomic E-state index is 12.7. The van der Waals surface area contributed by atoms with Crippen LogP contribution < -0.4 is 0 Å². The number of para-hydroxylation sites is 1. The van der Waals surface area contributed by atoms with Crippen LogP contribution in [0.2, 0.25) is 0 Å². The molecule has 2 N–H and O–H groups in total. The van der Waals surface area contributed by atoms with Gasteiger partial charge in [0.25, 0.3) is 5.91 Å². The second kappa shape index (κ2) is 4.89. The highest BCUT2D eigenvalue weighted by Crippen LogP contribution is 2.26. The quantitative estimate of drug-likeness (QED) is 0.858. The van der Waals surface area contributed by atoms with E-state index in [1.807, 2.05) is 35.9 Å². The van der Waals surface area contributed by atoms with Crippen molar-refractivity contribution >= 4 is 22.8 Å². The molecule has 2 heterocycles. The summed E-state index contributed by atoms with van der Waals surface area (Å²) in [4.78, 5) is 25.2. The minimum Gasteiger partial charge on any atom is -0.480 e. The van der Waals surface area contributed by atoms with Gasteiger partial charge in [0.15, 0.2) is 0 Å². The first kappa shape index (κ1) is 13.6. The number of benzene rings is 1. The van der Waals surface area contributed by atoms with Crippen LogP contribution in [0.5, 0.6) is 0 Å². The number of carbonyl (C=O) groups is 2. The van der Waals surface area contributed by atoms with Crippen LogP contribution in [0.3, 0.4) is 0 Å². The SMILES string of the molecule is Cn1cc(C(=O)N2CC(O)CC2C(=O)O)c2ccccc21. The van der Waals surface area contributed by atoms with E-state index in [1.165, 1.54) is 4.90 Å². The molecule has 0 saturated carbocycles. The Bertz CT molecular complexity index is 722. The Morgan fingerprint density at radius 1 is 1.29 bits per heavy atom. The molecule has 0 radical (unpaired) electrons. The van der Waals surface area contributed by atoms with E-state index >= 15 is 0 Å². The number of carboxylic acid groups (broad SMARTS) is 1. The number of carbonyl (C=O) groups excluding carboxylic acids is 1. The molecule has 1 aliphatic heterocycles. The van der Waals surface area contributed by atoms with Crippen molar-refractivity contribution in [3.05, 3.63) is 36.0 Å². The van der Waals surface area contributed by atoms with Crippen molar-refractivity contribution < 1.29 is 19.8 Å². The molecule has 6 nitrogen and oxygen atoms in total. The number of aliphatic hydroxyl groups is 1. The summed E-state index contributed by atoms with van der Waals surface area (Å²) in [6.45, 7) is 0.0546. The topological polar surface area (TPSA) is 82.8 Å². The third-order valence-corrected chi connectivity index (χ3v) is 3.95. The van der Waals surface area contributed by atoms with E-state index in [9.17, 15) is 19.8 Å². The molecule has 1 aliphatic rings. The molecule has 2 unspecified atom stereocenters. The number of β-amino-alcohol motifs (C(OH)–C–C–N with tert-alkyl or cyclic N) is 1. The summed E-state index contributed by atoms with van der Waals surface area (Å²) < 4.78 is 1.84. The van der Waals surface area contributed by atoms with Crippen LogP contribution in [-0.4, -0.2) is 50.2 Å². The summed E-state index contributed by atoms with van der Waals surface area (Å²) in [6.07, 6.45) is 0.993. The maximum Gasteiger partial charge on any atom is 0.326 e. The molecular weight excluding hydrogens is 272 g/mol. The highest BCUT2D eigenvalue weighted by molar-refractivity contribution is 6.08. The number of aromatic nitrogens is 1. The van der Waals surface area contributed by atoms with Crippen LogP contribution in [0.1, 0.15) is 16.8 Å². The van der Waals surface area contributed by atoms with E-state index in [0.717, 1.165) is 10.9 Å². The number of aliphatic hydroxyl groups excluding tert-OH is 1. The van der Waals surface area contributed by atoms with Gasteiger partial charge in [0.1, 0.15) is 6.04 Å². The number of fused-ring (bicyclic) bond motifs is 1. The number of rotatable bonds is 2. The first-order valence-electron chi connectivity index (χ1n) is 6.75. The Hall–Kier alpha value is -2.34. The van der Waals surface area contributed by atoms with E-state index in [2.05, 4.69) is 0 Å². The van der Waals surface area contributed by atoms with Crippen LogP contribution in [0.15, 0.2) is 30.5 Å². The summed E-state index contributed by atoms with van der Waals surface area (Å²) in [5.41, 5.74) is 1.38. The lowest BCUT2D eigenvalue weighted by molar-refractivity contribution is -0.141. The van der Waals surface area contributed by atoms with Crippen LogP contribution in [0.4, 0.5) is 0 Å². The minimum absolute atomic E-state index is 0.0546. The molecule has 2 atom stereocenters. The lowest BCUT2D eigenvalue weighted by atomic mass is 10.1. The van der Waals surface area contributed by atoms with Crippen molar-refractivity contribution in [2.75, 3.05) is 6.54 Å².